The van der Waals surface area contributed by atoms with Gasteiger partial charge in [0.2, 0.25) is 0 Å². The number of aryl methyl sites for hydroxylation is 1. The summed E-state index contributed by atoms with van der Waals surface area (Å²) in [5.74, 6) is 0.565. The normalized spacial score (nSPS) is 27.8. The highest BCUT2D eigenvalue weighted by molar-refractivity contribution is 5.78. The maximum atomic E-state index is 13.6. The van der Waals surface area contributed by atoms with Gasteiger partial charge in [-0.05, 0) is 49.3 Å². The van der Waals surface area contributed by atoms with Gasteiger partial charge < -0.3 is 15.4 Å². The van der Waals surface area contributed by atoms with Crippen LogP contribution in [0.15, 0.2) is 18.2 Å². The monoisotopic (exact) mass is 292 g/mol. The fraction of sp³-hybridized carbons (Fsp3) is 0.562. The van der Waals surface area contributed by atoms with Gasteiger partial charge in [0.05, 0.1) is 0 Å². The van der Waals surface area contributed by atoms with Crippen LogP contribution in [0.1, 0.15) is 18.4 Å². The van der Waals surface area contributed by atoms with Crippen LogP contribution in [-0.4, -0.2) is 36.5 Å². The molecule has 3 unspecified atom stereocenters. The molecule has 1 aliphatic heterocycles. The molecule has 2 N–H and O–H groups in total. The van der Waals surface area contributed by atoms with Gasteiger partial charge in [-0.2, -0.15) is 0 Å². The van der Waals surface area contributed by atoms with E-state index in [1.54, 1.807) is 12.1 Å². The Bertz CT molecular complexity index is 549. The summed E-state index contributed by atoms with van der Waals surface area (Å²) in [6.45, 7) is 3.22. The molecule has 3 rings (SSSR count). The van der Waals surface area contributed by atoms with E-state index in [0.29, 0.717) is 18.4 Å². The Labute approximate surface area is 124 Å². The molecule has 1 aromatic rings. The van der Waals surface area contributed by atoms with Gasteiger partial charge in [-0.3, -0.25) is 4.79 Å². The number of carbonyl (C=O) groups excluding carboxylic acids is 1. The molecule has 0 aromatic heterocycles. The summed E-state index contributed by atoms with van der Waals surface area (Å²) in [5.41, 5.74) is 6.97. The molecule has 3 atom stereocenters. The first-order valence-electron chi connectivity index (χ1n) is 7.47. The molecule has 0 bridgehead atoms. The van der Waals surface area contributed by atoms with E-state index in [1.165, 1.54) is 6.07 Å². The lowest BCUT2D eigenvalue weighted by Crippen LogP contribution is -2.36. The van der Waals surface area contributed by atoms with Crippen LogP contribution in [0, 0.1) is 24.6 Å². The van der Waals surface area contributed by atoms with E-state index in [4.69, 9.17) is 10.5 Å². The summed E-state index contributed by atoms with van der Waals surface area (Å²) < 4.78 is 18.9. The number of amides is 1. The molecule has 1 amide bonds. The average Bonchev–Trinajstić information content (AvgIpc) is 3.02. The molecule has 1 saturated carbocycles. The van der Waals surface area contributed by atoms with Crippen molar-refractivity contribution in [2.75, 3.05) is 19.7 Å². The van der Waals surface area contributed by atoms with Crippen LogP contribution in [0.2, 0.25) is 0 Å². The SMILES string of the molecule is Cc1ccc(F)c(OCC(=O)N2CC3CCC(N)C3C2)c1. The molecular weight excluding hydrogens is 271 g/mol. The number of hydrogen-bond acceptors (Lipinski definition) is 3. The van der Waals surface area contributed by atoms with Gasteiger partial charge in [0, 0.05) is 19.1 Å². The van der Waals surface area contributed by atoms with Crippen molar-refractivity contribution in [1.29, 1.82) is 0 Å². The minimum absolute atomic E-state index is 0.0856. The van der Waals surface area contributed by atoms with Crippen molar-refractivity contribution in [2.24, 2.45) is 17.6 Å². The van der Waals surface area contributed by atoms with E-state index in [-0.39, 0.29) is 24.3 Å². The van der Waals surface area contributed by atoms with Crippen LogP contribution in [0.25, 0.3) is 0 Å². The third-order valence-corrected chi connectivity index (χ3v) is 4.70. The van der Waals surface area contributed by atoms with Crippen molar-refractivity contribution in [2.45, 2.75) is 25.8 Å². The number of benzene rings is 1. The van der Waals surface area contributed by atoms with Crippen molar-refractivity contribution < 1.29 is 13.9 Å². The van der Waals surface area contributed by atoms with Crippen molar-refractivity contribution in [3.05, 3.63) is 29.6 Å². The largest absolute Gasteiger partial charge is 0.481 e. The zero-order valence-electron chi connectivity index (χ0n) is 12.2. The maximum absolute atomic E-state index is 13.6. The lowest BCUT2D eigenvalue weighted by atomic mass is 9.98. The lowest BCUT2D eigenvalue weighted by molar-refractivity contribution is -0.132. The van der Waals surface area contributed by atoms with Crippen LogP contribution in [-0.2, 0) is 4.79 Å². The molecule has 4 nitrogen and oxygen atoms in total. The molecule has 1 aromatic carbocycles. The Balaban J connectivity index is 1.57. The third-order valence-electron chi connectivity index (χ3n) is 4.70. The zero-order valence-corrected chi connectivity index (χ0v) is 12.2. The van der Waals surface area contributed by atoms with Crippen molar-refractivity contribution >= 4 is 5.91 Å². The summed E-state index contributed by atoms with van der Waals surface area (Å²) in [5, 5.41) is 0. The first kappa shape index (κ1) is 14.3. The topological polar surface area (TPSA) is 55.6 Å². The Morgan fingerprint density at radius 3 is 3.00 bits per heavy atom. The van der Waals surface area contributed by atoms with Crippen LogP contribution in [0.4, 0.5) is 4.39 Å². The second kappa shape index (κ2) is 5.64. The zero-order chi connectivity index (χ0) is 15.0. The van der Waals surface area contributed by atoms with E-state index in [2.05, 4.69) is 0 Å². The summed E-state index contributed by atoms with van der Waals surface area (Å²) in [4.78, 5) is 14.0. The van der Waals surface area contributed by atoms with Gasteiger partial charge in [-0.1, -0.05) is 6.07 Å². The molecule has 2 aliphatic rings. The first-order chi connectivity index (χ1) is 10.0. The van der Waals surface area contributed by atoms with Crippen molar-refractivity contribution in [3.8, 4) is 5.75 Å². The van der Waals surface area contributed by atoms with E-state index in [0.717, 1.165) is 24.9 Å². The number of nitrogens with two attached hydrogens (primary N) is 1. The maximum Gasteiger partial charge on any atom is 0.260 e. The molecule has 5 heteroatoms. The highest BCUT2D eigenvalue weighted by atomic mass is 19.1. The number of halogens is 1. The van der Waals surface area contributed by atoms with Crippen LogP contribution < -0.4 is 10.5 Å². The molecule has 0 radical (unpaired) electrons. The lowest BCUT2D eigenvalue weighted by Gasteiger charge is -2.19. The summed E-state index contributed by atoms with van der Waals surface area (Å²) in [6, 6.07) is 4.85. The molecule has 2 fully saturated rings. The number of nitrogens with zero attached hydrogens (tertiary/aromatic N) is 1. The Hall–Kier alpha value is -1.62. The van der Waals surface area contributed by atoms with Gasteiger partial charge in [0.25, 0.3) is 5.91 Å². The van der Waals surface area contributed by atoms with E-state index < -0.39 is 5.82 Å². The fourth-order valence-corrected chi connectivity index (χ4v) is 3.46. The van der Waals surface area contributed by atoms with E-state index >= 15 is 0 Å². The second-order valence-corrected chi connectivity index (χ2v) is 6.19. The standard InChI is InChI=1S/C16H21FN2O2/c1-10-2-4-13(17)15(6-10)21-9-16(20)19-7-11-3-5-14(18)12(11)8-19/h2,4,6,11-12,14H,3,5,7-9,18H2,1H3. The number of hydrogen-bond donors (Lipinski definition) is 1. The van der Waals surface area contributed by atoms with Gasteiger partial charge in [0.1, 0.15) is 0 Å². The van der Waals surface area contributed by atoms with E-state index in [9.17, 15) is 9.18 Å². The first-order valence-corrected chi connectivity index (χ1v) is 7.47. The number of fused-ring (bicyclic) bond motifs is 1. The minimum Gasteiger partial charge on any atom is -0.481 e. The smallest absolute Gasteiger partial charge is 0.260 e. The summed E-state index contributed by atoms with van der Waals surface area (Å²) in [7, 11) is 0. The molecule has 0 spiro atoms. The predicted molar refractivity (Wildman–Crippen MR) is 77.4 cm³/mol. The summed E-state index contributed by atoms with van der Waals surface area (Å²) in [6.07, 6.45) is 2.16. The Kier molecular flexibility index (Phi) is 3.85. The fourth-order valence-electron chi connectivity index (χ4n) is 3.46. The number of rotatable bonds is 3. The molecule has 1 aliphatic carbocycles. The minimum atomic E-state index is -0.436. The third kappa shape index (κ3) is 2.88. The van der Waals surface area contributed by atoms with Gasteiger partial charge in [-0.25, -0.2) is 4.39 Å². The molecule has 114 valence electrons. The Morgan fingerprint density at radius 1 is 1.43 bits per heavy atom. The molecule has 1 saturated heterocycles. The second-order valence-electron chi connectivity index (χ2n) is 6.19. The van der Waals surface area contributed by atoms with Crippen molar-refractivity contribution in [1.82, 2.24) is 4.90 Å². The Morgan fingerprint density at radius 2 is 2.24 bits per heavy atom. The number of carbonyl (C=O) groups is 1. The van der Waals surface area contributed by atoms with Gasteiger partial charge >= 0.3 is 0 Å². The predicted octanol–water partition coefficient (Wildman–Crippen LogP) is 1.71. The van der Waals surface area contributed by atoms with Crippen LogP contribution in [0.3, 0.4) is 0 Å². The quantitative estimate of drug-likeness (QED) is 0.922. The molecular formula is C16H21FN2O2. The number of likely N-dealkylation sites (tertiary alicyclic amines) is 1. The highest BCUT2D eigenvalue weighted by Crippen LogP contribution is 2.37. The van der Waals surface area contributed by atoms with Gasteiger partial charge in [-0.15, -0.1) is 0 Å². The summed E-state index contributed by atoms with van der Waals surface area (Å²) >= 11 is 0. The molecule has 1 heterocycles. The average molecular weight is 292 g/mol. The van der Waals surface area contributed by atoms with E-state index in [1.807, 2.05) is 11.8 Å². The molecule has 21 heavy (non-hydrogen) atoms. The van der Waals surface area contributed by atoms with Crippen molar-refractivity contribution in [3.63, 3.8) is 0 Å². The van der Waals surface area contributed by atoms with Crippen LogP contribution >= 0.6 is 0 Å². The highest BCUT2D eigenvalue weighted by Gasteiger charge is 2.42. The van der Waals surface area contributed by atoms with Crippen LogP contribution in [0.5, 0.6) is 5.75 Å². The number of ether oxygens (including phenoxy) is 1. The van der Waals surface area contributed by atoms with Gasteiger partial charge in [0.15, 0.2) is 18.2 Å².